The smallest absolute Gasteiger partial charge is 0.416 e. The largest absolute Gasteiger partial charge is 0.479 e. The fraction of sp³-hybridized carbons (Fsp3) is 0.158. The van der Waals surface area contributed by atoms with Crippen molar-refractivity contribution >= 4 is 38.9 Å². The molecule has 1 amide bonds. The van der Waals surface area contributed by atoms with Crippen molar-refractivity contribution in [1.29, 1.82) is 5.26 Å². The molecule has 0 fully saturated rings. The Morgan fingerprint density at radius 2 is 2.04 bits per heavy atom. The van der Waals surface area contributed by atoms with Crippen molar-refractivity contribution in [2.24, 2.45) is 0 Å². The number of nitriles is 1. The maximum Gasteiger partial charge on any atom is 0.416 e. The number of halogens is 4. The Hall–Kier alpha value is -2.76. The van der Waals surface area contributed by atoms with Gasteiger partial charge in [0, 0.05) is 16.6 Å². The first-order valence-electron chi connectivity index (χ1n) is 7.95. The third-order valence-electron chi connectivity index (χ3n) is 3.82. The van der Waals surface area contributed by atoms with E-state index in [-0.39, 0.29) is 27.8 Å². The molecular formula is C19H12ClF3N2O2S. The van der Waals surface area contributed by atoms with Crippen molar-refractivity contribution in [3.63, 3.8) is 0 Å². The summed E-state index contributed by atoms with van der Waals surface area (Å²) >= 11 is 7.11. The summed E-state index contributed by atoms with van der Waals surface area (Å²) in [6.45, 7) is 0.0775. The maximum absolute atomic E-state index is 12.9. The Morgan fingerprint density at radius 3 is 2.75 bits per heavy atom. The van der Waals surface area contributed by atoms with E-state index < -0.39 is 17.6 Å². The van der Waals surface area contributed by atoms with Crippen molar-refractivity contribution in [2.75, 3.05) is 6.61 Å². The minimum atomic E-state index is -4.47. The van der Waals surface area contributed by atoms with E-state index in [1.165, 1.54) is 6.07 Å². The number of nitrogens with zero attached hydrogens (tertiary/aromatic N) is 1. The van der Waals surface area contributed by atoms with Crippen molar-refractivity contribution in [1.82, 2.24) is 5.32 Å². The number of rotatable bonds is 5. The minimum absolute atomic E-state index is 0.0902. The third-order valence-corrected chi connectivity index (χ3v) is 5.47. The van der Waals surface area contributed by atoms with E-state index in [4.69, 9.17) is 21.6 Å². The lowest BCUT2D eigenvalue weighted by Crippen LogP contribution is -2.22. The van der Waals surface area contributed by atoms with E-state index in [0.29, 0.717) is 11.1 Å². The van der Waals surface area contributed by atoms with E-state index in [1.807, 2.05) is 6.07 Å². The van der Waals surface area contributed by atoms with Gasteiger partial charge in [-0.1, -0.05) is 29.8 Å². The van der Waals surface area contributed by atoms with Crippen molar-refractivity contribution in [2.45, 2.75) is 12.7 Å². The highest BCUT2D eigenvalue weighted by atomic mass is 35.5. The fourth-order valence-electron chi connectivity index (χ4n) is 2.51. The number of benzene rings is 2. The topological polar surface area (TPSA) is 62.1 Å². The zero-order valence-electron chi connectivity index (χ0n) is 14.1. The van der Waals surface area contributed by atoms with Gasteiger partial charge in [0.05, 0.1) is 10.6 Å². The predicted molar refractivity (Wildman–Crippen MR) is 101 cm³/mol. The molecule has 0 spiro atoms. The molecule has 0 saturated carbocycles. The van der Waals surface area contributed by atoms with Crippen LogP contribution in [0.25, 0.3) is 10.1 Å². The summed E-state index contributed by atoms with van der Waals surface area (Å²) in [5.41, 5.74) is -0.0561. The van der Waals surface area contributed by atoms with Crippen LogP contribution in [0.3, 0.4) is 0 Å². The zero-order chi connectivity index (χ0) is 20.3. The molecule has 9 heteroatoms. The Balaban J connectivity index is 1.77. The lowest BCUT2D eigenvalue weighted by Gasteiger charge is -2.07. The second kappa shape index (κ2) is 8.09. The van der Waals surface area contributed by atoms with Gasteiger partial charge in [0.1, 0.15) is 16.7 Å². The molecule has 144 valence electrons. The fourth-order valence-corrected chi connectivity index (χ4v) is 3.98. The molecule has 3 aromatic rings. The monoisotopic (exact) mass is 424 g/mol. The van der Waals surface area contributed by atoms with Gasteiger partial charge in [0.2, 0.25) is 0 Å². The summed E-state index contributed by atoms with van der Waals surface area (Å²) in [4.78, 5) is 12.6. The first kappa shape index (κ1) is 20.0. The molecule has 4 nitrogen and oxygen atoms in total. The van der Waals surface area contributed by atoms with Gasteiger partial charge in [-0.2, -0.15) is 18.4 Å². The summed E-state index contributed by atoms with van der Waals surface area (Å²) in [5, 5.41) is 11.8. The minimum Gasteiger partial charge on any atom is -0.479 e. The molecule has 0 bridgehead atoms. The van der Waals surface area contributed by atoms with Gasteiger partial charge in [0.15, 0.2) is 6.61 Å². The van der Waals surface area contributed by atoms with Crippen molar-refractivity contribution < 1.29 is 22.7 Å². The molecule has 0 aliphatic rings. The van der Waals surface area contributed by atoms with Crippen molar-refractivity contribution in [3.8, 4) is 11.8 Å². The average Bonchev–Trinajstić information content (AvgIpc) is 3.00. The Bertz CT molecular complexity index is 1070. The van der Waals surface area contributed by atoms with Crippen LogP contribution in [0.2, 0.25) is 5.02 Å². The van der Waals surface area contributed by atoms with Crippen LogP contribution in [0.4, 0.5) is 13.2 Å². The van der Waals surface area contributed by atoms with Crippen LogP contribution < -0.4 is 10.1 Å². The molecule has 3 rings (SSSR count). The predicted octanol–water partition coefficient (Wildman–Crippen LogP) is 5.41. The maximum atomic E-state index is 12.9. The van der Waals surface area contributed by atoms with E-state index in [2.05, 4.69) is 5.32 Å². The normalized spacial score (nSPS) is 11.2. The number of amides is 1. The van der Waals surface area contributed by atoms with Crippen LogP contribution in [0.15, 0.2) is 42.5 Å². The molecule has 0 atom stereocenters. The van der Waals surface area contributed by atoms with E-state index in [1.54, 1.807) is 24.3 Å². The van der Waals surface area contributed by atoms with Crippen LogP contribution in [0.5, 0.6) is 5.75 Å². The number of thiophene rings is 1. The second-order valence-corrected chi connectivity index (χ2v) is 7.16. The van der Waals surface area contributed by atoms with Gasteiger partial charge >= 0.3 is 6.18 Å². The summed E-state index contributed by atoms with van der Waals surface area (Å²) in [5.74, 6) is 0.0102. The van der Waals surface area contributed by atoms with Gasteiger partial charge in [0.25, 0.3) is 5.91 Å². The standard InChI is InChI=1S/C19H12ClF3N2O2S/c20-16-14-5-4-12(19(21,22)23)9-15(14)28-17(16)18(26)25-10-11-2-1-3-13(8-11)27-7-6-24/h1-5,8-9H,7,10H2,(H,25,26). The summed E-state index contributed by atoms with van der Waals surface area (Å²) in [6.07, 6.45) is -4.47. The first-order chi connectivity index (χ1) is 13.3. The second-order valence-electron chi connectivity index (χ2n) is 5.73. The van der Waals surface area contributed by atoms with Crippen molar-refractivity contribution in [3.05, 3.63) is 63.5 Å². The molecule has 0 saturated heterocycles. The van der Waals surface area contributed by atoms with Gasteiger partial charge in [-0.05, 0) is 29.8 Å². The third kappa shape index (κ3) is 4.38. The Morgan fingerprint density at radius 1 is 1.25 bits per heavy atom. The number of hydrogen-bond donors (Lipinski definition) is 1. The van der Waals surface area contributed by atoms with Crippen LogP contribution in [0.1, 0.15) is 20.8 Å². The van der Waals surface area contributed by atoms with Gasteiger partial charge < -0.3 is 10.1 Å². The molecule has 1 heterocycles. The molecule has 1 N–H and O–H groups in total. The van der Waals surface area contributed by atoms with Gasteiger partial charge in [-0.3, -0.25) is 4.79 Å². The quantitative estimate of drug-likeness (QED) is 0.596. The average molecular weight is 425 g/mol. The van der Waals surface area contributed by atoms with Crippen LogP contribution in [0, 0.1) is 11.3 Å². The molecular weight excluding hydrogens is 413 g/mol. The number of ether oxygens (including phenoxy) is 1. The highest BCUT2D eigenvalue weighted by Gasteiger charge is 2.31. The van der Waals surface area contributed by atoms with E-state index in [9.17, 15) is 18.0 Å². The zero-order valence-corrected chi connectivity index (χ0v) is 15.7. The lowest BCUT2D eigenvalue weighted by molar-refractivity contribution is -0.137. The number of fused-ring (bicyclic) bond motifs is 1. The first-order valence-corrected chi connectivity index (χ1v) is 9.15. The lowest BCUT2D eigenvalue weighted by atomic mass is 10.1. The summed E-state index contributed by atoms with van der Waals surface area (Å²) in [6, 6.07) is 11.9. The Labute approximate surface area is 167 Å². The number of carbonyl (C=O) groups excluding carboxylic acids is 1. The van der Waals surface area contributed by atoms with Gasteiger partial charge in [-0.15, -0.1) is 11.3 Å². The summed E-state index contributed by atoms with van der Waals surface area (Å²) in [7, 11) is 0. The highest BCUT2D eigenvalue weighted by molar-refractivity contribution is 7.21. The molecule has 0 radical (unpaired) electrons. The highest BCUT2D eigenvalue weighted by Crippen LogP contribution is 2.39. The molecule has 28 heavy (non-hydrogen) atoms. The van der Waals surface area contributed by atoms with Crippen LogP contribution in [-0.2, 0) is 12.7 Å². The van der Waals surface area contributed by atoms with E-state index in [0.717, 1.165) is 29.0 Å². The van der Waals surface area contributed by atoms with Crippen LogP contribution in [-0.4, -0.2) is 12.5 Å². The SMILES string of the molecule is N#CCOc1cccc(CNC(=O)c2sc3cc(C(F)(F)F)ccc3c2Cl)c1. The number of alkyl halides is 3. The molecule has 1 aromatic heterocycles. The van der Waals surface area contributed by atoms with Crippen LogP contribution >= 0.6 is 22.9 Å². The number of nitrogens with one attached hydrogen (secondary N) is 1. The molecule has 2 aromatic carbocycles. The Kier molecular flexibility index (Phi) is 5.77. The molecule has 0 aliphatic heterocycles. The molecule has 0 unspecified atom stereocenters. The molecule has 0 aliphatic carbocycles. The van der Waals surface area contributed by atoms with E-state index >= 15 is 0 Å². The summed E-state index contributed by atoms with van der Waals surface area (Å²) < 4.78 is 44.1. The number of carbonyl (C=O) groups is 1. The number of hydrogen-bond acceptors (Lipinski definition) is 4. The van der Waals surface area contributed by atoms with Gasteiger partial charge in [-0.25, -0.2) is 0 Å².